The quantitative estimate of drug-likeness (QED) is 0.510. The van der Waals surface area contributed by atoms with Crippen molar-refractivity contribution in [2.45, 2.75) is 25.7 Å². The molecule has 0 unspecified atom stereocenters. The number of carbonyl (C=O) groups excluding carboxylic acids is 1. The molecular weight excluding hydrogens is 347 g/mol. The number of rotatable bonds is 4. The minimum absolute atomic E-state index is 0.0162. The maximum Gasteiger partial charge on any atom is 0.314 e. The van der Waals surface area contributed by atoms with Crippen molar-refractivity contribution in [3.05, 3.63) is 46.4 Å². The van der Waals surface area contributed by atoms with E-state index in [1.807, 2.05) is 12.1 Å². The van der Waals surface area contributed by atoms with Gasteiger partial charge in [-0.25, -0.2) is 0 Å². The van der Waals surface area contributed by atoms with Gasteiger partial charge in [-0.3, -0.25) is 4.79 Å². The molecule has 126 valence electrons. The maximum atomic E-state index is 12.3. The van der Waals surface area contributed by atoms with E-state index in [1.54, 1.807) is 31.4 Å². The molecule has 0 spiro atoms. The summed E-state index contributed by atoms with van der Waals surface area (Å²) < 4.78 is 10.9. The minimum Gasteiger partial charge on any atom is -0.493 e. The summed E-state index contributed by atoms with van der Waals surface area (Å²) in [6.45, 7) is 0. The molecule has 2 aromatic carbocycles. The van der Waals surface area contributed by atoms with Gasteiger partial charge in [-0.1, -0.05) is 48.2 Å². The van der Waals surface area contributed by atoms with Gasteiger partial charge in [0, 0.05) is 15.6 Å². The van der Waals surface area contributed by atoms with Crippen LogP contribution in [-0.4, -0.2) is 13.1 Å². The molecule has 1 aliphatic carbocycles. The highest BCUT2D eigenvalue weighted by Gasteiger charge is 2.25. The highest BCUT2D eigenvalue weighted by Crippen LogP contribution is 2.37. The Morgan fingerprint density at radius 3 is 2.46 bits per heavy atom. The molecule has 0 bridgehead atoms. The number of hydrogen-bond donors (Lipinski definition) is 0. The summed E-state index contributed by atoms with van der Waals surface area (Å²) in [6.07, 6.45) is 3.95. The Morgan fingerprint density at radius 1 is 1.04 bits per heavy atom. The molecule has 0 heterocycles. The van der Waals surface area contributed by atoms with Crippen molar-refractivity contribution in [3.8, 4) is 22.6 Å². The Labute approximate surface area is 151 Å². The zero-order chi connectivity index (χ0) is 17.1. The molecule has 2 aromatic rings. The van der Waals surface area contributed by atoms with Crippen molar-refractivity contribution in [3.63, 3.8) is 0 Å². The molecule has 24 heavy (non-hydrogen) atoms. The third-order valence-corrected chi connectivity index (χ3v) is 4.85. The fourth-order valence-corrected chi connectivity index (χ4v) is 3.52. The van der Waals surface area contributed by atoms with Crippen molar-refractivity contribution in [2.24, 2.45) is 5.92 Å². The molecule has 0 atom stereocenters. The lowest BCUT2D eigenvalue weighted by atomic mass is 10.0. The van der Waals surface area contributed by atoms with E-state index in [2.05, 4.69) is 0 Å². The molecule has 0 aromatic heterocycles. The van der Waals surface area contributed by atoms with E-state index in [0.29, 0.717) is 21.5 Å². The molecule has 1 fully saturated rings. The number of methoxy groups -OCH3 is 1. The van der Waals surface area contributed by atoms with Crippen LogP contribution in [0.3, 0.4) is 0 Å². The van der Waals surface area contributed by atoms with Crippen LogP contribution in [-0.2, 0) is 4.79 Å². The Kier molecular flexibility index (Phi) is 5.32. The van der Waals surface area contributed by atoms with Gasteiger partial charge in [0.25, 0.3) is 0 Å². The molecule has 1 aliphatic rings. The Hall–Kier alpha value is -1.71. The molecule has 0 saturated heterocycles. The van der Waals surface area contributed by atoms with Gasteiger partial charge in [-0.15, -0.1) is 0 Å². The summed E-state index contributed by atoms with van der Waals surface area (Å²) in [5.41, 5.74) is 1.66. The third kappa shape index (κ3) is 3.68. The number of hydrogen-bond acceptors (Lipinski definition) is 3. The highest BCUT2D eigenvalue weighted by molar-refractivity contribution is 6.36. The zero-order valence-corrected chi connectivity index (χ0v) is 14.9. The second kappa shape index (κ2) is 7.45. The van der Waals surface area contributed by atoms with Crippen molar-refractivity contribution >= 4 is 29.2 Å². The van der Waals surface area contributed by atoms with E-state index in [4.69, 9.17) is 32.7 Å². The van der Waals surface area contributed by atoms with Crippen LogP contribution in [0.2, 0.25) is 10.0 Å². The summed E-state index contributed by atoms with van der Waals surface area (Å²) in [6, 6.07) is 10.7. The van der Waals surface area contributed by atoms with Crippen LogP contribution in [0, 0.1) is 5.92 Å². The van der Waals surface area contributed by atoms with E-state index in [0.717, 1.165) is 36.8 Å². The van der Waals surface area contributed by atoms with Crippen LogP contribution in [0.5, 0.6) is 11.5 Å². The largest absolute Gasteiger partial charge is 0.493 e. The van der Waals surface area contributed by atoms with Crippen LogP contribution in [0.15, 0.2) is 36.4 Å². The number of benzene rings is 2. The van der Waals surface area contributed by atoms with Crippen LogP contribution in [0.25, 0.3) is 11.1 Å². The summed E-state index contributed by atoms with van der Waals surface area (Å²) in [5.74, 6) is 0.732. The van der Waals surface area contributed by atoms with Gasteiger partial charge in [0.05, 0.1) is 13.0 Å². The number of ether oxygens (including phenoxy) is 2. The smallest absolute Gasteiger partial charge is 0.314 e. The fourth-order valence-electron chi connectivity index (χ4n) is 3.00. The van der Waals surface area contributed by atoms with Crippen molar-refractivity contribution in [2.75, 3.05) is 7.11 Å². The summed E-state index contributed by atoms with van der Waals surface area (Å²) >= 11 is 12.2. The summed E-state index contributed by atoms with van der Waals surface area (Å²) in [7, 11) is 1.55. The first-order valence-corrected chi connectivity index (χ1v) is 8.69. The van der Waals surface area contributed by atoms with E-state index < -0.39 is 0 Å². The van der Waals surface area contributed by atoms with Crippen molar-refractivity contribution in [1.82, 2.24) is 0 Å². The first-order chi connectivity index (χ1) is 11.6. The van der Waals surface area contributed by atoms with E-state index in [9.17, 15) is 4.79 Å². The first kappa shape index (κ1) is 17.1. The van der Waals surface area contributed by atoms with Gasteiger partial charge in [-0.05, 0) is 42.7 Å². The van der Waals surface area contributed by atoms with Gasteiger partial charge in [0.15, 0.2) is 11.5 Å². The predicted molar refractivity (Wildman–Crippen MR) is 96.0 cm³/mol. The summed E-state index contributed by atoms with van der Waals surface area (Å²) in [4.78, 5) is 12.3. The third-order valence-electron chi connectivity index (χ3n) is 4.30. The zero-order valence-electron chi connectivity index (χ0n) is 13.4. The number of halogens is 2. The standard InChI is InChI=1S/C19H18Cl2O3/c1-23-17-9-6-13(15-8-7-14(20)11-16(15)21)10-18(17)24-19(22)12-4-2-3-5-12/h6-12H,2-5H2,1H3. The topological polar surface area (TPSA) is 35.5 Å². The van der Waals surface area contributed by atoms with Crippen LogP contribution in [0.1, 0.15) is 25.7 Å². The van der Waals surface area contributed by atoms with Gasteiger partial charge in [0.1, 0.15) is 0 Å². The molecule has 1 saturated carbocycles. The molecule has 3 nitrogen and oxygen atoms in total. The molecule has 5 heteroatoms. The van der Waals surface area contributed by atoms with Crippen molar-refractivity contribution in [1.29, 1.82) is 0 Å². The van der Waals surface area contributed by atoms with E-state index in [1.165, 1.54) is 0 Å². The van der Waals surface area contributed by atoms with Gasteiger partial charge in [-0.2, -0.15) is 0 Å². The fraction of sp³-hybridized carbons (Fsp3) is 0.316. The van der Waals surface area contributed by atoms with Crippen molar-refractivity contribution < 1.29 is 14.3 Å². The predicted octanol–water partition coefficient (Wildman–Crippen LogP) is 5.76. The normalized spacial score (nSPS) is 14.6. The average molecular weight is 365 g/mol. The molecular formula is C19H18Cl2O3. The number of carbonyl (C=O) groups is 1. The molecule has 0 amide bonds. The average Bonchev–Trinajstić information content (AvgIpc) is 3.09. The monoisotopic (exact) mass is 364 g/mol. The lowest BCUT2D eigenvalue weighted by Gasteiger charge is -2.14. The van der Waals surface area contributed by atoms with Gasteiger partial charge < -0.3 is 9.47 Å². The maximum absolute atomic E-state index is 12.3. The van der Waals surface area contributed by atoms with Gasteiger partial charge in [0.2, 0.25) is 0 Å². The van der Waals surface area contributed by atoms with Crippen LogP contribution < -0.4 is 9.47 Å². The van der Waals surface area contributed by atoms with Crippen LogP contribution >= 0.6 is 23.2 Å². The van der Waals surface area contributed by atoms with E-state index in [-0.39, 0.29) is 11.9 Å². The molecule has 0 N–H and O–H groups in total. The Bertz CT molecular complexity index is 752. The lowest BCUT2D eigenvalue weighted by molar-refractivity contribution is -0.138. The highest BCUT2D eigenvalue weighted by atomic mass is 35.5. The second-order valence-electron chi connectivity index (χ2n) is 5.89. The first-order valence-electron chi connectivity index (χ1n) is 7.93. The molecule has 0 aliphatic heterocycles. The SMILES string of the molecule is COc1ccc(-c2ccc(Cl)cc2Cl)cc1OC(=O)C1CCCC1. The van der Waals surface area contributed by atoms with E-state index >= 15 is 0 Å². The number of esters is 1. The lowest BCUT2D eigenvalue weighted by Crippen LogP contribution is -2.18. The van der Waals surface area contributed by atoms with Crippen LogP contribution in [0.4, 0.5) is 0 Å². The Balaban J connectivity index is 1.91. The van der Waals surface area contributed by atoms with Gasteiger partial charge >= 0.3 is 5.97 Å². The molecule has 3 rings (SSSR count). The minimum atomic E-state index is -0.190. The molecule has 0 radical (unpaired) electrons. The summed E-state index contributed by atoms with van der Waals surface area (Å²) in [5, 5.41) is 1.12. The Morgan fingerprint density at radius 2 is 1.79 bits per heavy atom. The second-order valence-corrected chi connectivity index (χ2v) is 6.74.